The van der Waals surface area contributed by atoms with Crippen LogP contribution in [0.3, 0.4) is 0 Å². The SMILES string of the molecule is C=CC(=O)O.CCCCCC(O)O.CCOCC. The molecule has 0 spiro atoms. The van der Waals surface area contributed by atoms with E-state index in [0.29, 0.717) is 6.42 Å². The number of unbranched alkanes of at least 4 members (excludes halogenated alkanes) is 2. The molecule has 0 aliphatic carbocycles. The van der Waals surface area contributed by atoms with E-state index in [1.165, 1.54) is 0 Å². The second-order valence-electron chi connectivity index (χ2n) is 3.30. The van der Waals surface area contributed by atoms with Gasteiger partial charge in [0.05, 0.1) is 0 Å². The third-order valence-corrected chi connectivity index (χ3v) is 1.65. The van der Waals surface area contributed by atoms with Gasteiger partial charge >= 0.3 is 5.97 Å². The van der Waals surface area contributed by atoms with E-state index in [1.807, 2.05) is 13.8 Å². The normalized spacial score (nSPS) is 8.78. The van der Waals surface area contributed by atoms with Crippen molar-refractivity contribution in [3.63, 3.8) is 0 Å². The fraction of sp³-hybridized carbons (Fsp3) is 0.769. The van der Waals surface area contributed by atoms with Crippen molar-refractivity contribution in [3.05, 3.63) is 12.7 Å². The average molecular weight is 264 g/mol. The number of hydrogen-bond acceptors (Lipinski definition) is 4. The van der Waals surface area contributed by atoms with E-state index in [1.54, 1.807) is 0 Å². The van der Waals surface area contributed by atoms with Gasteiger partial charge in [0.15, 0.2) is 6.29 Å². The zero-order valence-electron chi connectivity index (χ0n) is 11.8. The highest BCUT2D eigenvalue weighted by Crippen LogP contribution is 1.99. The van der Waals surface area contributed by atoms with E-state index < -0.39 is 12.3 Å². The van der Waals surface area contributed by atoms with Crippen molar-refractivity contribution in [2.75, 3.05) is 13.2 Å². The molecule has 0 aliphatic heterocycles. The summed E-state index contributed by atoms with van der Waals surface area (Å²) < 4.78 is 4.83. The molecule has 0 aromatic rings. The molecule has 0 aliphatic rings. The Morgan fingerprint density at radius 1 is 1.22 bits per heavy atom. The fourth-order valence-electron chi connectivity index (χ4n) is 0.781. The maximum atomic E-state index is 9.25. The highest BCUT2D eigenvalue weighted by atomic mass is 16.5. The highest BCUT2D eigenvalue weighted by Gasteiger charge is 1.93. The van der Waals surface area contributed by atoms with Crippen LogP contribution in [0.4, 0.5) is 0 Å². The molecule has 0 bridgehead atoms. The molecular weight excluding hydrogens is 236 g/mol. The Morgan fingerprint density at radius 2 is 1.67 bits per heavy atom. The lowest BCUT2D eigenvalue weighted by atomic mass is 10.2. The molecule has 0 saturated carbocycles. The second kappa shape index (κ2) is 21.4. The molecule has 3 N–H and O–H groups in total. The van der Waals surface area contributed by atoms with Gasteiger partial charge < -0.3 is 20.1 Å². The van der Waals surface area contributed by atoms with Gasteiger partial charge in [-0.3, -0.25) is 0 Å². The van der Waals surface area contributed by atoms with Gasteiger partial charge in [-0.2, -0.15) is 0 Å². The predicted octanol–water partition coefficient (Wildman–Crippen LogP) is 2.18. The molecule has 18 heavy (non-hydrogen) atoms. The Hall–Kier alpha value is -0.910. The Bertz CT molecular complexity index is 167. The number of ether oxygens (including phenoxy) is 1. The van der Waals surface area contributed by atoms with Crippen molar-refractivity contribution in [3.8, 4) is 0 Å². The third-order valence-electron chi connectivity index (χ3n) is 1.65. The number of carbonyl (C=O) groups is 1. The lowest BCUT2D eigenvalue weighted by molar-refractivity contribution is -0.131. The lowest BCUT2D eigenvalue weighted by Gasteiger charge is -1.99. The smallest absolute Gasteiger partial charge is 0.327 e. The molecule has 110 valence electrons. The number of aliphatic carboxylic acids is 1. The van der Waals surface area contributed by atoms with Gasteiger partial charge in [0.2, 0.25) is 0 Å². The zero-order chi connectivity index (χ0) is 14.8. The van der Waals surface area contributed by atoms with E-state index in [9.17, 15) is 4.79 Å². The van der Waals surface area contributed by atoms with Gasteiger partial charge in [-0.1, -0.05) is 26.3 Å². The van der Waals surface area contributed by atoms with Gasteiger partial charge in [-0.15, -0.1) is 0 Å². The predicted molar refractivity (Wildman–Crippen MR) is 72.4 cm³/mol. The van der Waals surface area contributed by atoms with Crippen LogP contribution in [0.2, 0.25) is 0 Å². The average Bonchev–Trinajstić information content (AvgIpc) is 2.31. The first kappa shape index (κ1) is 22.3. The molecule has 0 saturated heterocycles. The molecule has 0 aromatic heterocycles. The maximum Gasteiger partial charge on any atom is 0.327 e. The van der Waals surface area contributed by atoms with E-state index in [0.717, 1.165) is 38.6 Å². The molecule has 0 unspecified atom stereocenters. The molecule has 0 radical (unpaired) electrons. The number of carboxylic acid groups (broad SMARTS) is 1. The minimum atomic E-state index is -1.10. The molecule has 0 aromatic carbocycles. The number of hydrogen-bond donors (Lipinski definition) is 3. The third kappa shape index (κ3) is 45.8. The van der Waals surface area contributed by atoms with E-state index >= 15 is 0 Å². The van der Waals surface area contributed by atoms with E-state index in [4.69, 9.17) is 20.1 Å². The van der Waals surface area contributed by atoms with Gasteiger partial charge in [-0.05, 0) is 26.7 Å². The minimum absolute atomic E-state index is 0.522. The van der Waals surface area contributed by atoms with Crippen LogP contribution in [0, 0.1) is 0 Å². The summed E-state index contributed by atoms with van der Waals surface area (Å²) in [7, 11) is 0. The minimum Gasteiger partial charge on any atom is -0.478 e. The van der Waals surface area contributed by atoms with Gasteiger partial charge in [0, 0.05) is 19.3 Å². The van der Waals surface area contributed by atoms with Gasteiger partial charge in [-0.25, -0.2) is 4.79 Å². The Morgan fingerprint density at radius 3 is 1.83 bits per heavy atom. The van der Waals surface area contributed by atoms with Crippen LogP contribution in [0.1, 0.15) is 46.5 Å². The standard InChI is InChI=1S/C6H14O2.C4H10O.C3H4O2/c1-2-3-4-5-6(7)8;1-3-5-4-2;1-2-3(4)5/h6-8H,2-5H2,1H3;3-4H2,1-2H3;2H,1H2,(H,4,5). The van der Waals surface area contributed by atoms with Crippen LogP contribution < -0.4 is 0 Å². The van der Waals surface area contributed by atoms with E-state index in [2.05, 4.69) is 13.5 Å². The van der Waals surface area contributed by atoms with Crippen LogP contribution in [0.15, 0.2) is 12.7 Å². The fourth-order valence-corrected chi connectivity index (χ4v) is 0.781. The van der Waals surface area contributed by atoms with Crippen molar-refractivity contribution < 1.29 is 24.9 Å². The summed E-state index contributed by atoms with van der Waals surface area (Å²) in [4.78, 5) is 9.25. The van der Waals surface area contributed by atoms with Crippen molar-refractivity contribution >= 4 is 5.97 Å². The molecule has 5 nitrogen and oxygen atoms in total. The summed E-state index contributed by atoms with van der Waals surface area (Å²) in [6.45, 7) is 10.7. The topological polar surface area (TPSA) is 87.0 Å². The summed E-state index contributed by atoms with van der Waals surface area (Å²) >= 11 is 0. The Labute approximate surface area is 110 Å². The summed E-state index contributed by atoms with van der Waals surface area (Å²) in [6, 6.07) is 0. The first-order chi connectivity index (χ1) is 8.45. The summed E-state index contributed by atoms with van der Waals surface area (Å²) in [6.07, 6.45) is 3.41. The molecular formula is C13H28O5. The number of aliphatic hydroxyl groups excluding tert-OH is 1. The Kier molecular flexibility index (Phi) is 26.5. The number of aliphatic hydroxyl groups is 2. The summed E-state index contributed by atoms with van der Waals surface area (Å²) in [5.74, 6) is -0.981. The largest absolute Gasteiger partial charge is 0.478 e. The van der Waals surface area contributed by atoms with Crippen LogP contribution in [-0.4, -0.2) is 40.8 Å². The van der Waals surface area contributed by atoms with Crippen LogP contribution in [-0.2, 0) is 9.53 Å². The van der Waals surface area contributed by atoms with Crippen LogP contribution >= 0.6 is 0 Å². The number of rotatable bonds is 7. The zero-order valence-corrected chi connectivity index (χ0v) is 11.8. The van der Waals surface area contributed by atoms with Gasteiger partial charge in [0.1, 0.15) is 0 Å². The lowest BCUT2D eigenvalue weighted by Crippen LogP contribution is -2.02. The van der Waals surface area contributed by atoms with Crippen molar-refractivity contribution in [2.45, 2.75) is 52.7 Å². The van der Waals surface area contributed by atoms with Crippen molar-refractivity contribution in [1.82, 2.24) is 0 Å². The highest BCUT2D eigenvalue weighted by molar-refractivity contribution is 5.78. The molecule has 0 rings (SSSR count). The molecule has 5 heteroatoms. The molecule has 0 heterocycles. The summed E-state index contributed by atoms with van der Waals surface area (Å²) in [5.41, 5.74) is 0. The van der Waals surface area contributed by atoms with Crippen molar-refractivity contribution in [1.29, 1.82) is 0 Å². The molecule has 0 atom stereocenters. The van der Waals surface area contributed by atoms with Crippen LogP contribution in [0.25, 0.3) is 0 Å². The van der Waals surface area contributed by atoms with E-state index in [-0.39, 0.29) is 0 Å². The first-order valence-corrected chi connectivity index (χ1v) is 6.25. The monoisotopic (exact) mass is 264 g/mol. The second-order valence-corrected chi connectivity index (χ2v) is 3.30. The molecule has 0 amide bonds. The number of carboxylic acids is 1. The Balaban J connectivity index is -0.000000197. The molecule has 0 fully saturated rings. The summed E-state index contributed by atoms with van der Waals surface area (Å²) in [5, 5.41) is 24.3. The van der Waals surface area contributed by atoms with Crippen LogP contribution in [0.5, 0.6) is 0 Å². The van der Waals surface area contributed by atoms with Gasteiger partial charge in [0.25, 0.3) is 0 Å². The first-order valence-electron chi connectivity index (χ1n) is 6.25. The van der Waals surface area contributed by atoms with Crippen molar-refractivity contribution in [2.24, 2.45) is 0 Å². The maximum absolute atomic E-state index is 9.25. The quantitative estimate of drug-likeness (QED) is 0.373.